The van der Waals surface area contributed by atoms with E-state index in [1.54, 1.807) is 0 Å². The van der Waals surface area contributed by atoms with Crippen LogP contribution in [-0.4, -0.2) is 31.4 Å². The van der Waals surface area contributed by atoms with Gasteiger partial charge in [0.2, 0.25) is 0 Å². The molecular formula is C20H31BO4. The van der Waals surface area contributed by atoms with Crippen LogP contribution in [0.1, 0.15) is 64.9 Å². The van der Waals surface area contributed by atoms with Gasteiger partial charge in [-0.2, -0.15) is 0 Å². The second kappa shape index (κ2) is 7.51. The van der Waals surface area contributed by atoms with Gasteiger partial charge in [0.15, 0.2) is 0 Å². The molecule has 4 nitrogen and oxygen atoms in total. The van der Waals surface area contributed by atoms with E-state index in [2.05, 4.69) is 38.1 Å². The molecule has 0 N–H and O–H groups in total. The molecule has 0 saturated carbocycles. The number of rotatable bonds is 6. The Balaban J connectivity index is 2.26. The number of ether oxygens (including phenoxy) is 1. The molecule has 2 rings (SSSR count). The van der Waals surface area contributed by atoms with Crippen molar-refractivity contribution in [3.05, 3.63) is 35.4 Å². The molecule has 1 aromatic rings. The topological polar surface area (TPSA) is 44.8 Å². The number of hydrogen-bond acceptors (Lipinski definition) is 4. The van der Waals surface area contributed by atoms with Crippen LogP contribution in [0.3, 0.4) is 0 Å². The Morgan fingerprint density at radius 2 is 1.60 bits per heavy atom. The minimum atomic E-state index is -0.472. The van der Waals surface area contributed by atoms with Crippen molar-refractivity contribution in [2.45, 2.75) is 71.4 Å². The van der Waals surface area contributed by atoms with Crippen molar-refractivity contribution in [2.75, 3.05) is 7.11 Å². The standard InChI is InChI=1S/C20H31BO4/c1-14(2)12-15-8-10-16(11-9-15)17(13-18(22)23-7)21-24-19(3,4)20(5,6)25-21/h8-11,14,17H,12-13H2,1-7H3. The molecule has 5 heteroatoms. The third-order valence-electron chi connectivity index (χ3n) is 5.27. The van der Waals surface area contributed by atoms with Crippen LogP contribution in [0.5, 0.6) is 0 Å². The molecule has 1 heterocycles. The molecule has 0 spiro atoms. The molecule has 1 unspecified atom stereocenters. The second-order valence-electron chi connectivity index (χ2n) is 8.35. The zero-order valence-electron chi connectivity index (χ0n) is 16.6. The van der Waals surface area contributed by atoms with Gasteiger partial charge in [-0.05, 0) is 51.2 Å². The molecule has 0 aliphatic carbocycles. The van der Waals surface area contributed by atoms with E-state index in [0.29, 0.717) is 5.92 Å². The molecule has 0 aromatic heterocycles. The van der Waals surface area contributed by atoms with E-state index in [4.69, 9.17) is 14.0 Å². The van der Waals surface area contributed by atoms with E-state index in [1.165, 1.54) is 12.7 Å². The molecule has 1 aromatic carbocycles. The smallest absolute Gasteiger partial charge is 0.466 e. The molecule has 0 amide bonds. The van der Waals surface area contributed by atoms with Gasteiger partial charge in [0.25, 0.3) is 0 Å². The Hall–Kier alpha value is -1.33. The average Bonchev–Trinajstić information content (AvgIpc) is 2.73. The van der Waals surface area contributed by atoms with Crippen LogP contribution in [0.15, 0.2) is 24.3 Å². The van der Waals surface area contributed by atoms with Gasteiger partial charge in [0.05, 0.1) is 24.7 Å². The Bertz CT molecular complexity index is 576. The van der Waals surface area contributed by atoms with E-state index in [-0.39, 0.29) is 18.2 Å². The highest BCUT2D eigenvalue weighted by Gasteiger charge is 2.54. The number of benzene rings is 1. The Morgan fingerprint density at radius 3 is 2.04 bits per heavy atom. The zero-order chi connectivity index (χ0) is 18.8. The lowest BCUT2D eigenvalue weighted by atomic mass is 9.66. The van der Waals surface area contributed by atoms with Crippen molar-refractivity contribution < 1.29 is 18.8 Å². The van der Waals surface area contributed by atoms with Gasteiger partial charge in [-0.1, -0.05) is 38.1 Å². The third kappa shape index (κ3) is 4.65. The summed E-state index contributed by atoms with van der Waals surface area (Å²) in [4.78, 5) is 12.0. The van der Waals surface area contributed by atoms with Crippen LogP contribution in [-0.2, 0) is 25.3 Å². The zero-order valence-corrected chi connectivity index (χ0v) is 16.6. The van der Waals surface area contributed by atoms with E-state index < -0.39 is 18.3 Å². The quantitative estimate of drug-likeness (QED) is 0.573. The van der Waals surface area contributed by atoms with Crippen LogP contribution in [0.25, 0.3) is 0 Å². The van der Waals surface area contributed by atoms with Gasteiger partial charge in [-0.3, -0.25) is 4.79 Å². The first-order chi connectivity index (χ1) is 11.6. The van der Waals surface area contributed by atoms with Gasteiger partial charge in [0, 0.05) is 5.82 Å². The molecule has 1 atom stereocenters. The van der Waals surface area contributed by atoms with E-state index >= 15 is 0 Å². The lowest BCUT2D eigenvalue weighted by molar-refractivity contribution is -0.140. The summed E-state index contributed by atoms with van der Waals surface area (Å²) >= 11 is 0. The largest absolute Gasteiger partial charge is 0.469 e. The summed E-state index contributed by atoms with van der Waals surface area (Å²) in [6, 6.07) is 8.42. The summed E-state index contributed by atoms with van der Waals surface area (Å²) in [5.41, 5.74) is 1.48. The van der Waals surface area contributed by atoms with Crippen LogP contribution in [0.4, 0.5) is 0 Å². The van der Waals surface area contributed by atoms with Gasteiger partial charge >= 0.3 is 13.1 Å². The summed E-state index contributed by atoms with van der Waals surface area (Å²) in [7, 11) is 0.940. The highest BCUT2D eigenvalue weighted by Crippen LogP contribution is 2.41. The lowest BCUT2D eigenvalue weighted by Gasteiger charge is -2.32. The number of methoxy groups -OCH3 is 1. The summed E-state index contributed by atoms with van der Waals surface area (Å²) in [5, 5.41) is 0. The first-order valence-corrected chi connectivity index (χ1v) is 9.07. The monoisotopic (exact) mass is 346 g/mol. The fourth-order valence-electron chi connectivity index (χ4n) is 3.06. The average molecular weight is 346 g/mol. The Morgan fingerprint density at radius 1 is 1.08 bits per heavy atom. The highest BCUT2D eigenvalue weighted by molar-refractivity contribution is 6.48. The molecule has 0 bridgehead atoms. The minimum Gasteiger partial charge on any atom is -0.469 e. The van der Waals surface area contributed by atoms with Crippen LogP contribution in [0.2, 0.25) is 0 Å². The molecule has 1 fully saturated rings. The van der Waals surface area contributed by atoms with Gasteiger partial charge in [0.1, 0.15) is 0 Å². The van der Waals surface area contributed by atoms with Gasteiger partial charge in [-0.15, -0.1) is 0 Å². The van der Waals surface area contributed by atoms with Crippen molar-refractivity contribution >= 4 is 13.1 Å². The highest BCUT2D eigenvalue weighted by atomic mass is 16.7. The summed E-state index contributed by atoms with van der Waals surface area (Å²) < 4.78 is 17.3. The number of hydrogen-bond donors (Lipinski definition) is 0. The third-order valence-corrected chi connectivity index (χ3v) is 5.27. The minimum absolute atomic E-state index is 0.193. The van der Waals surface area contributed by atoms with E-state index in [0.717, 1.165) is 12.0 Å². The maximum absolute atomic E-state index is 12.0. The normalized spacial score (nSPS) is 19.9. The van der Waals surface area contributed by atoms with Crippen LogP contribution < -0.4 is 0 Å². The summed E-state index contributed by atoms with van der Waals surface area (Å²) in [6.45, 7) is 12.5. The fraction of sp³-hybridized carbons (Fsp3) is 0.650. The van der Waals surface area contributed by atoms with Crippen molar-refractivity contribution in [2.24, 2.45) is 5.92 Å². The fourth-order valence-corrected chi connectivity index (χ4v) is 3.06. The van der Waals surface area contributed by atoms with Gasteiger partial charge < -0.3 is 14.0 Å². The predicted molar refractivity (Wildman–Crippen MR) is 100 cm³/mol. The molecule has 0 radical (unpaired) electrons. The second-order valence-corrected chi connectivity index (χ2v) is 8.35. The molecule has 138 valence electrons. The maximum Gasteiger partial charge on any atom is 0.466 e. The van der Waals surface area contributed by atoms with Crippen molar-refractivity contribution in [1.29, 1.82) is 0 Å². The first kappa shape index (κ1) is 20.0. The van der Waals surface area contributed by atoms with Crippen LogP contribution >= 0.6 is 0 Å². The molecule has 1 aliphatic rings. The first-order valence-electron chi connectivity index (χ1n) is 9.07. The Labute approximate surface area is 152 Å². The summed E-state index contributed by atoms with van der Waals surface area (Å²) in [6.07, 6.45) is 1.27. The Kier molecular flexibility index (Phi) is 6.00. The molecular weight excluding hydrogens is 315 g/mol. The molecule has 1 aliphatic heterocycles. The summed E-state index contributed by atoms with van der Waals surface area (Å²) in [5.74, 6) is 0.160. The predicted octanol–water partition coefficient (Wildman–Crippen LogP) is 4.16. The van der Waals surface area contributed by atoms with E-state index in [9.17, 15) is 4.79 Å². The maximum atomic E-state index is 12.0. The van der Waals surface area contributed by atoms with Crippen molar-refractivity contribution in [3.8, 4) is 0 Å². The lowest BCUT2D eigenvalue weighted by Crippen LogP contribution is -2.41. The SMILES string of the molecule is COC(=O)CC(B1OC(C)(C)C(C)(C)O1)c1ccc(CC(C)C)cc1. The van der Waals surface area contributed by atoms with Crippen molar-refractivity contribution in [3.63, 3.8) is 0 Å². The number of carbonyl (C=O) groups excluding carboxylic acids is 1. The molecule has 1 saturated heterocycles. The number of esters is 1. The van der Waals surface area contributed by atoms with E-state index in [1.807, 2.05) is 27.7 Å². The number of carbonyl (C=O) groups is 1. The van der Waals surface area contributed by atoms with Gasteiger partial charge in [-0.25, -0.2) is 0 Å². The molecule has 25 heavy (non-hydrogen) atoms. The van der Waals surface area contributed by atoms with Crippen molar-refractivity contribution in [1.82, 2.24) is 0 Å². The van der Waals surface area contributed by atoms with Crippen LogP contribution in [0, 0.1) is 5.92 Å².